The van der Waals surface area contributed by atoms with Gasteiger partial charge in [0.05, 0.1) is 18.2 Å². The lowest BCUT2D eigenvalue weighted by Crippen LogP contribution is -2.47. The van der Waals surface area contributed by atoms with Crippen LogP contribution in [-0.2, 0) is 5.41 Å². The van der Waals surface area contributed by atoms with Gasteiger partial charge < -0.3 is 25.2 Å². The van der Waals surface area contributed by atoms with Crippen LogP contribution in [0.5, 0.6) is 5.75 Å². The van der Waals surface area contributed by atoms with Gasteiger partial charge in [-0.1, -0.05) is 32.0 Å². The van der Waals surface area contributed by atoms with E-state index in [-0.39, 0.29) is 22.9 Å². The molecule has 2 aromatic rings. The summed E-state index contributed by atoms with van der Waals surface area (Å²) in [4.78, 5) is 11.2. The smallest absolute Gasteiger partial charge is 0.488 e. The van der Waals surface area contributed by atoms with Gasteiger partial charge in [0.2, 0.25) is 0 Å². The number of benzene rings is 2. The molecule has 2 aromatic carbocycles. The molecule has 2 atom stereocenters. The Labute approximate surface area is 151 Å². The molecular weight excluding hydrogens is 333 g/mol. The van der Waals surface area contributed by atoms with E-state index in [0.717, 1.165) is 16.8 Å². The van der Waals surface area contributed by atoms with Gasteiger partial charge in [-0.15, -0.1) is 0 Å². The van der Waals surface area contributed by atoms with Gasteiger partial charge >= 0.3 is 13.1 Å². The van der Waals surface area contributed by atoms with Crippen LogP contribution < -0.4 is 15.5 Å². The number of hydrogen-bond acceptors (Lipinski definition) is 5. The van der Waals surface area contributed by atoms with Crippen molar-refractivity contribution in [3.63, 3.8) is 0 Å². The summed E-state index contributed by atoms with van der Waals surface area (Å²) in [7, 11) is -1.51. The molecule has 0 saturated carbocycles. The Kier molecular flexibility index (Phi) is 3.75. The Morgan fingerprint density at radius 2 is 2.00 bits per heavy atom. The summed E-state index contributed by atoms with van der Waals surface area (Å²) in [6.45, 7) is 4.70. The zero-order valence-corrected chi connectivity index (χ0v) is 14.6. The number of carboxylic acid groups (broad SMARTS) is 1. The fraction of sp³-hybridized carbons (Fsp3) is 0.316. The molecule has 0 fully saturated rings. The summed E-state index contributed by atoms with van der Waals surface area (Å²) in [6.07, 6.45) is 0. The average Bonchev–Trinajstić information content (AvgIpc) is 2.60. The van der Waals surface area contributed by atoms with Gasteiger partial charge in [0.15, 0.2) is 0 Å². The number of nitrogens with one attached hydrogen (secondary N) is 1. The molecule has 26 heavy (non-hydrogen) atoms. The van der Waals surface area contributed by atoms with E-state index in [1.807, 2.05) is 18.2 Å². The van der Waals surface area contributed by atoms with Gasteiger partial charge in [-0.2, -0.15) is 0 Å². The molecule has 0 saturated heterocycles. The maximum atomic E-state index is 11.2. The Balaban J connectivity index is 1.80. The standard InChI is InChI=1S/C19H20BNO5/c1-19(2)13-8-11(20(24)25)4-6-15(13)21-17-12-5-3-10(18(22)23)7-16(12)26-9-14(17)19/h3-8,14,17,21,24-25H,9H2,1-2H3,(H,22,23)/t14-,17+/m1/s1. The molecule has 2 heterocycles. The van der Waals surface area contributed by atoms with Crippen molar-refractivity contribution in [2.24, 2.45) is 5.92 Å². The zero-order chi connectivity index (χ0) is 18.6. The molecule has 2 aliphatic rings. The molecule has 4 N–H and O–H groups in total. The van der Waals surface area contributed by atoms with E-state index < -0.39 is 13.1 Å². The van der Waals surface area contributed by atoms with Gasteiger partial charge in [-0.05, 0) is 29.2 Å². The van der Waals surface area contributed by atoms with Crippen LogP contribution >= 0.6 is 0 Å². The highest BCUT2D eigenvalue weighted by Crippen LogP contribution is 2.51. The lowest BCUT2D eigenvalue weighted by atomic mass is 9.64. The lowest BCUT2D eigenvalue weighted by molar-refractivity contribution is 0.0695. The summed E-state index contributed by atoms with van der Waals surface area (Å²) < 4.78 is 5.91. The van der Waals surface area contributed by atoms with Crippen molar-refractivity contribution >= 4 is 24.2 Å². The Hall–Kier alpha value is -2.51. The molecule has 134 valence electrons. The number of carboxylic acids is 1. The number of aromatic carboxylic acids is 1. The topological polar surface area (TPSA) is 99.0 Å². The predicted molar refractivity (Wildman–Crippen MR) is 98.0 cm³/mol. The first-order valence-corrected chi connectivity index (χ1v) is 8.56. The van der Waals surface area contributed by atoms with Crippen LogP contribution in [0.15, 0.2) is 36.4 Å². The predicted octanol–water partition coefficient (Wildman–Crippen LogP) is 1.52. The molecule has 0 aliphatic carbocycles. The number of rotatable bonds is 2. The van der Waals surface area contributed by atoms with Gasteiger partial charge in [0.1, 0.15) is 5.75 Å². The molecule has 0 radical (unpaired) electrons. The minimum absolute atomic E-state index is 0.00556. The molecule has 0 aromatic heterocycles. The SMILES string of the molecule is CC1(C)c2cc(B(O)O)ccc2N[C@H]2c3ccc(C(=O)O)cc3OC[C@H]21. The second-order valence-electron chi connectivity index (χ2n) is 7.50. The van der Waals surface area contributed by atoms with Crippen LogP contribution in [0.3, 0.4) is 0 Å². The van der Waals surface area contributed by atoms with E-state index in [2.05, 4.69) is 19.2 Å². The van der Waals surface area contributed by atoms with Gasteiger partial charge in [0.25, 0.3) is 0 Å². The molecule has 0 spiro atoms. The monoisotopic (exact) mass is 353 g/mol. The molecule has 4 rings (SSSR count). The van der Waals surface area contributed by atoms with Crippen molar-refractivity contribution < 1.29 is 24.7 Å². The first kappa shape index (κ1) is 16.9. The van der Waals surface area contributed by atoms with Crippen molar-refractivity contribution in [2.75, 3.05) is 11.9 Å². The van der Waals surface area contributed by atoms with Crippen LogP contribution in [0.2, 0.25) is 0 Å². The Morgan fingerprint density at radius 1 is 1.23 bits per heavy atom. The molecular formula is C19H20BNO5. The van der Waals surface area contributed by atoms with Crippen LogP contribution in [-0.4, -0.2) is 34.8 Å². The summed E-state index contributed by atoms with van der Waals surface area (Å²) in [6, 6.07) is 10.4. The summed E-state index contributed by atoms with van der Waals surface area (Å²) in [5.74, 6) is -0.263. The number of carbonyl (C=O) groups is 1. The highest BCUT2D eigenvalue weighted by atomic mass is 16.5. The molecule has 0 unspecified atom stereocenters. The number of ether oxygens (including phenoxy) is 1. The molecule has 0 bridgehead atoms. The van der Waals surface area contributed by atoms with Crippen LogP contribution in [0.4, 0.5) is 5.69 Å². The van der Waals surface area contributed by atoms with E-state index in [0.29, 0.717) is 17.8 Å². The fourth-order valence-electron chi connectivity index (χ4n) is 4.09. The van der Waals surface area contributed by atoms with Crippen molar-refractivity contribution in [3.05, 3.63) is 53.1 Å². The van der Waals surface area contributed by atoms with E-state index in [1.165, 1.54) is 0 Å². The van der Waals surface area contributed by atoms with E-state index >= 15 is 0 Å². The summed E-state index contributed by atoms with van der Waals surface area (Å²) in [5, 5.41) is 31.7. The minimum Gasteiger partial charge on any atom is -0.493 e. The third-order valence-corrected chi connectivity index (χ3v) is 5.69. The van der Waals surface area contributed by atoms with Crippen molar-refractivity contribution in [1.82, 2.24) is 0 Å². The van der Waals surface area contributed by atoms with Crippen LogP contribution in [0, 0.1) is 5.92 Å². The summed E-state index contributed by atoms with van der Waals surface area (Å²) in [5.41, 5.74) is 3.30. The number of anilines is 1. The van der Waals surface area contributed by atoms with Crippen molar-refractivity contribution in [2.45, 2.75) is 25.3 Å². The first-order chi connectivity index (χ1) is 12.3. The van der Waals surface area contributed by atoms with Crippen molar-refractivity contribution in [3.8, 4) is 5.75 Å². The zero-order valence-electron chi connectivity index (χ0n) is 14.6. The third-order valence-electron chi connectivity index (χ3n) is 5.69. The van der Waals surface area contributed by atoms with E-state index in [1.54, 1.807) is 18.2 Å². The number of hydrogen-bond donors (Lipinski definition) is 4. The lowest BCUT2D eigenvalue weighted by Gasteiger charge is -2.48. The average molecular weight is 353 g/mol. The Morgan fingerprint density at radius 3 is 2.69 bits per heavy atom. The van der Waals surface area contributed by atoms with E-state index in [9.17, 15) is 19.9 Å². The minimum atomic E-state index is -1.51. The molecule has 2 aliphatic heterocycles. The Bertz CT molecular complexity index is 895. The second-order valence-corrected chi connectivity index (χ2v) is 7.50. The van der Waals surface area contributed by atoms with Crippen LogP contribution in [0.25, 0.3) is 0 Å². The highest BCUT2D eigenvalue weighted by Gasteiger charge is 2.46. The molecule has 6 nitrogen and oxygen atoms in total. The summed E-state index contributed by atoms with van der Waals surface area (Å²) >= 11 is 0. The molecule has 7 heteroatoms. The van der Waals surface area contributed by atoms with Gasteiger partial charge in [0, 0.05) is 22.6 Å². The van der Waals surface area contributed by atoms with Crippen molar-refractivity contribution in [1.29, 1.82) is 0 Å². The fourth-order valence-corrected chi connectivity index (χ4v) is 4.09. The quantitative estimate of drug-likeness (QED) is 0.611. The maximum Gasteiger partial charge on any atom is 0.488 e. The van der Waals surface area contributed by atoms with E-state index in [4.69, 9.17) is 4.74 Å². The second kappa shape index (κ2) is 5.76. The van der Waals surface area contributed by atoms with Gasteiger partial charge in [-0.3, -0.25) is 0 Å². The normalized spacial score (nSPS) is 22.2. The number of fused-ring (bicyclic) bond motifs is 4. The molecule has 0 amide bonds. The third kappa shape index (κ3) is 2.47. The maximum absolute atomic E-state index is 11.2. The van der Waals surface area contributed by atoms with Crippen LogP contribution in [0.1, 0.15) is 41.4 Å². The largest absolute Gasteiger partial charge is 0.493 e. The van der Waals surface area contributed by atoms with Gasteiger partial charge in [-0.25, -0.2) is 4.79 Å². The first-order valence-electron chi connectivity index (χ1n) is 8.56. The highest BCUT2D eigenvalue weighted by molar-refractivity contribution is 6.58.